The van der Waals surface area contributed by atoms with Crippen molar-refractivity contribution in [1.29, 1.82) is 0 Å². The standard InChI is InChI=1S/C12H27N3O2S/c1-11(2)5-3-7-14-18(16,17)15-8-4-6-12(9-13)10-15/h11-12,14H,3-10,13H2,1-2H3. The largest absolute Gasteiger partial charge is 0.330 e. The number of nitrogens with two attached hydrogens (primary N) is 1. The lowest BCUT2D eigenvalue weighted by atomic mass is 10.0. The smallest absolute Gasteiger partial charge is 0.279 e. The van der Waals surface area contributed by atoms with E-state index in [1.807, 2.05) is 0 Å². The van der Waals surface area contributed by atoms with Crippen molar-refractivity contribution in [2.24, 2.45) is 17.6 Å². The van der Waals surface area contributed by atoms with Crippen LogP contribution >= 0.6 is 0 Å². The fourth-order valence-corrected chi connectivity index (χ4v) is 3.60. The van der Waals surface area contributed by atoms with Crippen molar-refractivity contribution < 1.29 is 8.42 Å². The van der Waals surface area contributed by atoms with Crippen LogP contribution in [0.3, 0.4) is 0 Å². The number of rotatable bonds is 7. The van der Waals surface area contributed by atoms with Gasteiger partial charge in [0.25, 0.3) is 10.2 Å². The van der Waals surface area contributed by atoms with Gasteiger partial charge in [-0.25, -0.2) is 4.72 Å². The summed E-state index contributed by atoms with van der Waals surface area (Å²) in [5.41, 5.74) is 5.62. The van der Waals surface area contributed by atoms with Gasteiger partial charge < -0.3 is 5.73 Å². The Morgan fingerprint density at radius 1 is 1.44 bits per heavy atom. The molecule has 1 heterocycles. The summed E-state index contributed by atoms with van der Waals surface area (Å²) in [5, 5.41) is 0. The van der Waals surface area contributed by atoms with Crippen LogP contribution in [-0.4, -0.2) is 38.9 Å². The number of nitrogens with zero attached hydrogens (tertiary/aromatic N) is 1. The summed E-state index contributed by atoms with van der Waals surface area (Å²) >= 11 is 0. The lowest BCUT2D eigenvalue weighted by Crippen LogP contribution is -2.47. The maximum Gasteiger partial charge on any atom is 0.279 e. The van der Waals surface area contributed by atoms with Gasteiger partial charge in [-0.1, -0.05) is 13.8 Å². The average Bonchev–Trinajstić information content (AvgIpc) is 2.34. The van der Waals surface area contributed by atoms with Crippen LogP contribution < -0.4 is 10.5 Å². The van der Waals surface area contributed by atoms with Crippen LogP contribution in [0.2, 0.25) is 0 Å². The molecule has 0 bridgehead atoms. The predicted molar refractivity (Wildman–Crippen MR) is 74.3 cm³/mol. The zero-order valence-corrected chi connectivity index (χ0v) is 12.4. The predicted octanol–water partition coefficient (Wildman–Crippen LogP) is 0.928. The molecule has 0 aromatic rings. The summed E-state index contributed by atoms with van der Waals surface area (Å²) in [4.78, 5) is 0. The third-order valence-electron chi connectivity index (χ3n) is 3.40. The Kier molecular flexibility index (Phi) is 6.55. The SMILES string of the molecule is CC(C)CCCNS(=O)(=O)N1CCCC(CN)C1. The normalized spacial score (nSPS) is 22.6. The van der Waals surface area contributed by atoms with Crippen molar-refractivity contribution in [3.63, 3.8) is 0 Å². The molecule has 1 unspecified atom stereocenters. The Hall–Kier alpha value is -0.170. The van der Waals surface area contributed by atoms with Crippen LogP contribution in [0.1, 0.15) is 39.5 Å². The van der Waals surface area contributed by atoms with Crippen molar-refractivity contribution in [3.8, 4) is 0 Å². The lowest BCUT2D eigenvalue weighted by Gasteiger charge is -2.31. The molecule has 0 spiro atoms. The molecule has 1 atom stereocenters. The molecule has 1 aliphatic heterocycles. The maximum absolute atomic E-state index is 12.1. The van der Waals surface area contributed by atoms with Crippen molar-refractivity contribution in [1.82, 2.24) is 9.03 Å². The average molecular weight is 277 g/mol. The Morgan fingerprint density at radius 3 is 2.78 bits per heavy atom. The molecule has 0 aromatic carbocycles. The summed E-state index contributed by atoms with van der Waals surface area (Å²) in [5.74, 6) is 0.928. The lowest BCUT2D eigenvalue weighted by molar-refractivity contribution is 0.268. The van der Waals surface area contributed by atoms with Gasteiger partial charge >= 0.3 is 0 Å². The second-order valence-electron chi connectivity index (χ2n) is 5.54. The van der Waals surface area contributed by atoms with Crippen LogP contribution in [-0.2, 0) is 10.2 Å². The molecule has 108 valence electrons. The van der Waals surface area contributed by atoms with Gasteiger partial charge in [0.1, 0.15) is 0 Å². The maximum atomic E-state index is 12.1. The Labute approximate surface area is 111 Å². The molecule has 0 aliphatic carbocycles. The number of piperidine rings is 1. The van der Waals surface area contributed by atoms with Gasteiger partial charge in [0.05, 0.1) is 0 Å². The fraction of sp³-hybridized carbons (Fsp3) is 1.00. The second kappa shape index (κ2) is 7.43. The number of hydrogen-bond donors (Lipinski definition) is 2. The molecule has 0 radical (unpaired) electrons. The fourth-order valence-electron chi connectivity index (χ4n) is 2.24. The summed E-state index contributed by atoms with van der Waals surface area (Å²) in [6.07, 6.45) is 3.89. The molecule has 0 amide bonds. The molecule has 3 N–H and O–H groups in total. The topological polar surface area (TPSA) is 75.4 Å². The van der Waals surface area contributed by atoms with Gasteiger partial charge in [-0.2, -0.15) is 12.7 Å². The van der Waals surface area contributed by atoms with Crippen molar-refractivity contribution in [2.75, 3.05) is 26.2 Å². The highest BCUT2D eigenvalue weighted by Crippen LogP contribution is 2.17. The molecular weight excluding hydrogens is 250 g/mol. The molecule has 18 heavy (non-hydrogen) atoms. The van der Waals surface area contributed by atoms with Crippen molar-refractivity contribution >= 4 is 10.2 Å². The monoisotopic (exact) mass is 277 g/mol. The molecule has 1 fully saturated rings. The van der Waals surface area contributed by atoms with Crippen molar-refractivity contribution in [2.45, 2.75) is 39.5 Å². The third-order valence-corrected chi connectivity index (χ3v) is 4.98. The van der Waals surface area contributed by atoms with Crippen LogP contribution in [0.15, 0.2) is 0 Å². The van der Waals surface area contributed by atoms with E-state index in [1.54, 1.807) is 4.31 Å². The molecule has 1 saturated heterocycles. The zero-order chi connectivity index (χ0) is 13.6. The summed E-state index contributed by atoms with van der Waals surface area (Å²) in [6.45, 7) is 6.58. The van der Waals surface area contributed by atoms with E-state index >= 15 is 0 Å². The first kappa shape index (κ1) is 15.9. The number of nitrogens with one attached hydrogen (secondary N) is 1. The quantitative estimate of drug-likeness (QED) is 0.680. The minimum absolute atomic E-state index is 0.311. The van der Waals surface area contributed by atoms with Crippen LogP contribution in [0.25, 0.3) is 0 Å². The van der Waals surface area contributed by atoms with Crippen molar-refractivity contribution in [3.05, 3.63) is 0 Å². The highest BCUT2D eigenvalue weighted by Gasteiger charge is 2.27. The highest BCUT2D eigenvalue weighted by atomic mass is 32.2. The van der Waals surface area contributed by atoms with Gasteiger partial charge in [0.2, 0.25) is 0 Å². The van der Waals surface area contributed by atoms with E-state index in [0.717, 1.165) is 25.7 Å². The number of hydrogen-bond acceptors (Lipinski definition) is 3. The molecule has 1 aliphatic rings. The molecule has 0 aromatic heterocycles. The first-order chi connectivity index (χ1) is 8.45. The van der Waals surface area contributed by atoms with E-state index in [9.17, 15) is 8.42 Å². The summed E-state index contributed by atoms with van der Waals surface area (Å²) in [7, 11) is -3.30. The van der Waals surface area contributed by atoms with E-state index in [2.05, 4.69) is 18.6 Å². The van der Waals surface area contributed by atoms with E-state index in [1.165, 1.54) is 0 Å². The van der Waals surface area contributed by atoms with E-state index in [-0.39, 0.29) is 0 Å². The van der Waals surface area contributed by atoms with Gasteiger partial charge in [0.15, 0.2) is 0 Å². The minimum atomic E-state index is -3.30. The second-order valence-corrected chi connectivity index (χ2v) is 7.29. The molecule has 6 heteroatoms. The van der Waals surface area contributed by atoms with Gasteiger partial charge in [-0.05, 0) is 44.1 Å². The third kappa shape index (κ3) is 5.22. The van der Waals surface area contributed by atoms with Gasteiger partial charge in [-0.15, -0.1) is 0 Å². The zero-order valence-electron chi connectivity index (χ0n) is 11.6. The molecule has 5 nitrogen and oxygen atoms in total. The van der Waals surface area contributed by atoms with Crippen LogP contribution in [0.5, 0.6) is 0 Å². The van der Waals surface area contributed by atoms with Crippen LogP contribution in [0.4, 0.5) is 0 Å². The van der Waals surface area contributed by atoms with Crippen LogP contribution in [0, 0.1) is 11.8 Å². The Balaban J connectivity index is 2.38. The minimum Gasteiger partial charge on any atom is -0.330 e. The molecular formula is C12H27N3O2S. The molecule has 0 saturated carbocycles. The first-order valence-corrected chi connectivity index (χ1v) is 8.34. The van der Waals surface area contributed by atoms with Gasteiger partial charge in [-0.3, -0.25) is 0 Å². The summed E-state index contributed by atoms with van der Waals surface area (Å²) < 4.78 is 28.4. The Bertz CT molecular complexity index is 330. The Morgan fingerprint density at radius 2 is 2.17 bits per heavy atom. The van der Waals surface area contributed by atoms with E-state index in [4.69, 9.17) is 5.73 Å². The van der Waals surface area contributed by atoms with E-state index < -0.39 is 10.2 Å². The molecule has 1 rings (SSSR count). The summed E-state index contributed by atoms with van der Waals surface area (Å²) in [6, 6.07) is 0. The van der Waals surface area contributed by atoms with E-state index in [0.29, 0.717) is 38.0 Å². The van der Waals surface area contributed by atoms with Gasteiger partial charge in [0, 0.05) is 19.6 Å². The first-order valence-electron chi connectivity index (χ1n) is 6.90. The highest BCUT2D eigenvalue weighted by molar-refractivity contribution is 7.87.